The van der Waals surface area contributed by atoms with Crippen molar-refractivity contribution in [2.45, 2.75) is 32.9 Å². The van der Waals surface area contributed by atoms with Crippen molar-refractivity contribution in [1.29, 1.82) is 0 Å². The molecule has 0 unspecified atom stereocenters. The van der Waals surface area contributed by atoms with Crippen molar-refractivity contribution < 1.29 is 28.7 Å². The van der Waals surface area contributed by atoms with Gasteiger partial charge >= 0.3 is 11.9 Å². The Morgan fingerprint density at radius 1 is 1.08 bits per heavy atom. The predicted molar refractivity (Wildman–Crippen MR) is 87.3 cm³/mol. The van der Waals surface area contributed by atoms with Crippen LogP contribution in [0.2, 0.25) is 0 Å². The number of hydrogen-bond donors (Lipinski definition) is 0. The molecule has 1 aromatic carbocycles. The van der Waals surface area contributed by atoms with Gasteiger partial charge in [0.25, 0.3) is 5.91 Å². The van der Waals surface area contributed by atoms with Crippen LogP contribution in [-0.4, -0.2) is 47.9 Å². The van der Waals surface area contributed by atoms with Crippen molar-refractivity contribution in [3.05, 3.63) is 35.9 Å². The minimum Gasteiger partial charge on any atom is -0.468 e. The Hall–Kier alpha value is -2.70. The molecule has 0 aliphatic carbocycles. The van der Waals surface area contributed by atoms with Gasteiger partial charge in [0.05, 0.1) is 25.2 Å². The summed E-state index contributed by atoms with van der Waals surface area (Å²) in [6, 6.07) is 7.38. The number of nitrogens with zero attached hydrogens (tertiary/aromatic N) is 1. The van der Waals surface area contributed by atoms with Crippen molar-refractivity contribution >= 4 is 23.8 Å². The van der Waals surface area contributed by atoms with E-state index in [1.807, 2.05) is 0 Å². The van der Waals surface area contributed by atoms with E-state index in [0.717, 1.165) is 12.0 Å². The molecule has 2 amide bonds. The summed E-state index contributed by atoms with van der Waals surface area (Å²) in [5.74, 6) is -5.36. The van der Waals surface area contributed by atoms with E-state index in [0.29, 0.717) is 5.56 Å². The van der Waals surface area contributed by atoms with E-state index >= 15 is 0 Å². The number of rotatable bonds is 4. The Kier molecular flexibility index (Phi) is 5.56. The van der Waals surface area contributed by atoms with Crippen LogP contribution < -0.4 is 0 Å². The molecule has 1 saturated heterocycles. The highest BCUT2D eigenvalue weighted by molar-refractivity contribution is 6.14. The largest absolute Gasteiger partial charge is 0.468 e. The first kappa shape index (κ1) is 18.6. The first-order chi connectivity index (χ1) is 11.8. The molecule has 1 aliphatic heterocycles. The second-order valence-corrected chi connectivity index (χ2v) is 6.13. The van der Waals surface area contributed by atoms with Crippen molar-refractivity contribution in [2.75, 3.05) is 7.11 Å². The summed E-state index contributed by atoms with van der Waals surface area (Å²) in [4.78, 5) is 50.9. The average Bonchev–Trinajstić information content (AvgIpc) is 2.84. The lowest BCUT2D eigenvalue weighted by Crippen LogP contribution is -2.40. The van der Waals surface area contributed by atoms with Crippen molar-refractivity contribution in [2.24, 2.45) is 11.8 Å². The molecule has 7 nitrogen and oxygen atoms in total. The zero-order valence-electron chi connectivity index (χ0n) is 14.6. The number of methoxy groups -OCH3 is 1. The summed E-state index contributed by atoms with van der Waals surface area (Å²) in [5, 5.41) is 0. The van der Waals surface area contributed by atoms with Gasteiger partial charge in [0, 0.05) is 5.56 Å². The van der Waals surface area contributed by atoms with Crippen LogP contribution >= 0.6 is 0 Å². The van der Waals surface area contributed by atoms with Gasteiger partial charge in [-0.05, 0) is 32.9 Å². The Bertz CT molecular complexity index is 684. The van der Waals surface area contributed by atoms with E-state index in [9.17, 15) is 19.2 Å². The molecule has 0 aromatic heterocycles. The van der Waals surface area contributed by atoms with E-state index in [1.165, 1.54) is 0 Å². The molecule has 0 radical (unpaired) electrons. The average molecular weight is 347 g/mol. The second-order valence-electron chi connectivity index (χ2n) is 6.13. The maximum Gasteiger partial charge on any atom is 0.319 e. The molecule has 1 heterocycles. The SMILES string of the molecule is COC(=O)[C@H]1C(=O)N(C(=O)c2ccccc2)[C@H](C)[C@@H]1C(=O)OC(C)C. The van der Waals surface area contributed by atoms with Crippen LogP contribution in [0.3, 0.4) is 0 Å². The fourth-order valence-corrected chi connectivity index (χ4v) is 2.97. The number of carbonyl (C=O) groups is 4. The summed E-state index contributed by atoms with van der Waals surface area (Å²) in [5.41, 5.74) is 0.296. The lowest BCUT2D eigenvalue weighted by atomic mass is 9.91. The quantitative estimate of drug-likeness (QED) is 0.465. The third-order valence-electron chi connectivity index (χ3n) is 4.11. The fourth-order valence-electron chi connectivity index (χ4n) is 2.97. The molecule has 25 heavy (non-hydrogen) atoms. The predicted octanol–water partition coefficient (Wildman–Crippen LogP) is 1.41. The number of esters is 2. The molecule has 3 atom stereocenters. The first-order valence-electron chi connectivity index (χ1n) is 8.00. The minimum absolute atomic E-state index is 0.296. The molecule has 1 fully saturated rings. The smallest absolute Gasteiger partial charge is 0.319 e. The number of imide groups is 1. The van der Waals surface area contributed by atoms with Gasteiger partial charge in [-0.15, -0.1) is 0 Å². The molecule has 134 valence electrons. The van der Waals surface area contributed by atoms with Crippen molar-refractivity contribution in [3.8, 4) is 0 Å². The maximum absolute atomic E-state index is 12.7. The number of likely N-dealkylation sites (tertiary alicyclic amines) is 1. The van der Waals surface area contributed by atoms with E-state index < -0.39 is 47.7 Å². The zero-order chi connectivity index (χ0) is 18.7. The normalized spacial score (nSPS) is 22.8. The Morgan fingerprint density at radius 3 is 2.20 bits per heavy atom. The van der Waals surface area contributed by atoms with Crippen LogP contribution in [-0.2, 0) is 23.9 Å². The number of ether oxygens (including phenoxy) is 2. The van der Waals surface area contributed by atoms with Crippen LogP contribution in [0.4, 0.5) is 0 Å². The van der Waals surface area contributed by atoms with Gasteiger partial charge in [-0.25, -0.2) is 0 Å². The number of hydrogen-bond acceptors (Lipinski definition) is 6. The van der Waals surface area contributed by atoms with E-state index in [2.05, 4.69) is 4.74 Å². The molecular formula is C18H21NO6. The second kappa shape index (κ2) is 7.46. The summed E-state index contributed by atoms with van der Waals surface area (Å²) < 4.78 is 9.84. The molecule has 7 heteroatoms. The van der Waals surface area contributed by atoms with Crippen LogP contribution in [0.1, 0.15) is 31.1 Å². The lowest BCUT2D eigenvalue weighted by molar-refractivity contribution is -0.162. The highest BCUT2D eigenvalue weighted by Crippen LogP contribution is 2.34. The van der Waals surface area contributed by atoms with Gasteiger partial charge in [-0.3, -0.25) is 24.1 Å². The molecule has 0 spiro atoms. The van der Waals surface area contributed by atoms with Crippen LogP contribution in [0, 0.1) is 11.8 Å². The summed E-state index contributed by atoms with van der Waals surface area (Å²) in [6.07, 6.45) is -0.410. The fraction of sp³-hybridized carbons (Fsp3) is 0.444. The molecule has 1 aliphatic rings. The standard InChI is InChI=1S/C18H21NO6/c1-10(2)25-18(23)13-11(3)19(16(21)14(13)17(22)24-4)15(20)12-8-6-5-7-9-12/h5-11,13-14H,1-4H3/t11-,13+,14-/m1/s1. The number of carbonyl (C=O) groups excluding carboxylic acids is 4. The maximum atomic E-state index is 12.7. The molecule has 0 bridgehead atoms. The minimum atomic E-state index is -1.39. The molecule has 0 saturated carbocycles. The summed E-state index contributed by atoms with van der Waals surface area (Å²) in [6.45, 7) is 4.88. The third kappa shape index (κ3) is 3.55. The molecule has 1 aromatic rings. The Morgan fingerprint density at radius 2 is 1.68 bits per heavy atom. The van der Waals surface area contributed by atoms with Gasteiger partial charge in [-0.2, -0.15) is 0 Å². The van der Waals surface area contributed by atoms with E-state index in [-0.39, 0.29) is 0 Å². The number of amides is 2. The first-order valence-corrected chi connectivity index (χ1v) is 8.00. The molecular weight excluding hydrogens is 326 g/mol. The lowest BCUT2D eigenvalue weighted by Gasteiger charge is -2.23. The van der Waals surface area contributed by atoms with Crippen LogP contribution in [0.5, 0.6) is 0 Å². The van der Waals surface area contributed by atoms with Gasteiger partial charge in [0.1, 0.15) is 0 Å². The third-order valence-corrected chi connectivity index (χ3v) is 4.11. The van der Waals surface area contributed by atoms with Gasteiger partial charge < -0.3 is 9.47 Å². The molecule has 0 N–H and O–H groups in total. The van der Waals surface area contributed by atoms with E-state index in [4.69, 9.17) is 4.74 Å². The van der Waals surface area contributed by atoms with Crippen LogP contribution in [0.15, 0.2) is 30.3 Å². The van der Waals surface area contributed by atoms with Gasteiger partial charge in [0.15, 0.2) is 5.92 Å². The summed E-state index contributed by atoms with van der Waals surface area (Å²) in [7, 11) is 1.13. The van der Waals surface area contributed by atoms with E-state index in [1.54, 1.807) is 51.1 Å². The highest BCUT2D eigenvalue weighted by atomic mass is 16.5. The topological polar surface area (TPSA) is 90.0 Å². The Balaban J connectivity index is 2.40. The number of benzene rings is 1. The van der Waals surface area contributed by atoms with Crippen LogP contribution in [0.25, 0.3) is 0 Å². The van der Waals surface area contributed by atoms with Gasteiger partial charge in [0.2, 0.25) is 5.91 Å². The molecule has 2 rings (SSSR count). The zero-order valence-corrected chi connectivity index (χ0v) is 14.6. The highest BCUT2D eigenvalue weighted by Gasteiger charge is 2.56. The Labute approximate surface area is 145 Å². The van der Waals surface area contributed by atoms with Crippen molar-refractivity contribution in [1.82, 2.24) is 4.90 Å². The monoisotopic (exact) mass is 347 g/mol. The van der Waals surface area contributed by atoms with Crippen molar-refractivity contribution in [3.63, 3.8) is 0 Å². The van der Waals surface area contributed by atoms with Gasteiger partial charge in [-0.1, -0.05) is 18.2 Å². The summed E-state index contributed by atoms with van der Waals surface area (Å²) >= 11 is 0.